The summed E-state index contributed by atoms with van der Waals surface area (Å²) in [6, 6.07) is 7.74. The number of aryl methyl sites for hydroxylation is 1. The molecule has 3 N–H and O–H groups in total. The van der Waals surface area contributed by atoms with Crippen LogP contribution >= 0.6 is 37.2 Å². The first-order chi connectivity index (χ1) is 11.2. The van der Waals surface area contributed by atoms with Crippen LogP contribution < -0.4 is 11.1 Å². The molecule has 0 aromatic heterocycles. The lowest BCUT2D eigenvalue weighted by Gasteiger charge is -2.33. The molecule has 1 amide bonds. The molecule has 8 heteroatoms. The van der Waals surface area contributed by atoms with E-state index in [-0.39, 0.29) is 43.1 Å². The van der Waals surface area contributed by atoms with Crippen molar-refractivity contribution in [1.29, 1.82) is 0 Å². The topological polar surface area (TPSA) is 61.6 Å². The number of hydrogen-bond donors (Lipinski definition) is 2. The van der Waals surface area contributed by atoms with Crippen molar-refractivity contribution >= 4 is 48.8 Å². The van der Waals surface area contributed by atoms with E-state index >= 15 is 0 Å². The fraction of sp³-hybridized carbons (Fsp3) is 0.611. The zero-order valence-electron chi connectivity index (χ0n) is 15.5. The predicted octanol–water partition coefficient (Wildman–Crippen LogP) is 2.61. The summed E-state index contributed by atoms with van der Waals surface area (Å²) in [5.41, 5.74) is 7.71. The molecule has 0 bridgehead atoms. The number of nitrogens with one attached hydrogen (secondary N) is 1. The molecular formula is C18H33Cl3N4O. The molecule has 1 aromatic carbocycles. The third-order valence-electron chi connectivity index (χ3n) is 4.56. The minimum Gasteiger partial charge on any atom is -0.399 e. The third kappa shape index (κ3) is 9.83. The molecule has 1 aromatic rings. The van der Waals surface area contributed by atoms with Crippen molar-refractivity contribution in [2.75, 3.05) is 51.5 Å². The van der Waals surface area contributed by atoms with E-state index in [1.807, 2.05) is 24.3 Å². The number of carbonyl (C=O) groups is 1. The van der Waals surface area contributed by atoms with Crippen molar-refractivity contribution < 1.29 is 4.79 Å². The largest absolute Gasteiger partial charge is 0.399 e. The summed E-state index contributed by atoms with van der Waals surface area (Å²) in [7, 11) is 0. The van der Waals surface area contributed by atoms with Crippen molar-refractivity contribution in [1.82, 2.24) is 15.1 Å². The van der Waals surface area contributed by atoms with E-state index in [0.29, 0.717) is 12.8 Å². The van der Waals surface area contributed by atoms with Gasteiger partial charge in [-0.15, -0.1) is 37.2 Å². The van der Waals surface area contributed by atoms with Crippen LogP contribution in [0.5, 0.6) is 0 Å². The van der Waals surface area contributed by atoms with Gasteiger partial charge in [0, 0.05) is 44.8 Å². The Morgan fingerprint density at radius 1 is 1.08 bits per heavy atom. The summed E-state index contributed by atoms with van der Waals surface area (Å²) in [4.78, 5) is 16.9. The van der Waals surface area contributed by atoms with Crippen molar-refractivity contribution in [2.45, 2.75) is 26.2 Å². The summed E-state index contributed by atoms with van der Waals surface area (Å²) in [6.45, 7) is 9.83. The van der Waals surface area contributed by atoms with E-state index < -0.39 is 0 Å². The maximum atomic E-state index is 11.9. The minimum absolute atomic E-state index is 0. The zero-order valence-corrected chi connectivity index (χ0v) is 17.9. The van der Waals surface area contributed by atoms with Crippen LogP contribution in [0.2, 0.25) is 0 Å². The van der Waals surface area contributed by atoms with E-state index in [4.69, 9.17) is 5.73 Å². The van der Waals surface area contributed by atoms with Gasteiger partial charge in [-0.2, -0.15) is 0 Å². The molecule has 0 radical (unpaired) electrons. The molecule has 5 nitrogen and oxygen atoms in total. The molecule has 26 heavy (non-hydrogen) atoms. The highest BCUT2D eigenvalue weighted by Crippen LogP contribution is 2.12. The Labute approximate surface area is 176 Å². The van der Waals surface area contributed by atoms with Crippen LogP contribution in [-0.4, -0.2) is 61.5 Å². The average molecular weight is 428 g/mol. The summed E-state index contributed by atoms with van der Waals surface area (Å²) in [5.74, 6) is 0.115. The molecule has 0 atom stereocenters. The van der Waals surface area contributed by atoms with Crippen LogP contribution in [0.25, 0.3) is 0 Å². The van der Waals surface area contributed by atoms with Crippen LogP contribution in [0.3, 0.4) is 0 Å². The van der Waals surface area contributed by atoms with Crippen LogP contribution in [0, 0.1) is 0 Å². The van der Waals surface area contributed by atoms with Crippen LogP contribution in [0.4, 0.5) is 5.69 Å². The Balaban J connectivity index is 0. The lowest BCUT2D eigenvalue weighted by molar-refractivity contribution is -0.121. The standard InChI is InChI=1S/C18H30N4O.3ClH/c1-2-21-12-14-22(15-13-21)11-5-10-20-18(23)9-8-16-6-3-4-7-17(16)19;;;/h3-4,6-7H,2,5,8-15,19H2,1H3,(H,20,23);3*1H. The first-order valence-electron chi connectivity index (χ1n) is 8.74. The smallest absolute Gasteiger partial charge is 0.220 e. The van der Waals surface area contributed by atoms with Gasteiger partial charge in [-0.1, -0.05) is 25.1 Å². The lowest BCUT2D eigenvalue weighted by Crippen LogP contribution is -2.46. The monoisotopic (exact) mass is 426 g/mol. The zero-order chi connectivity index (χ0) is 16.5. The number of rotatable bonds is 8. The third-order valence-corrected chi connectivity index (χ3v) is 4.56. The van der Waals surface area contributed by atoms with Gasteiger partial charge in [-0.05, 0) is 37.6 Å². The molecule has 0 saturated carbocycles. The molecular weight excluding hydrogens is 395 g/mol. The molecule has 1 saturated heterocycles. The first kappa shape index (κ1) is 27.5. The fourth-order valence-electron chi connectivity index (χ4n) is 2.96. The van der Waals surface area contributed by atoms with Crippen molar-refractivity contribution in [3.05, 3.63) is 29.8 Å². The van der Waals surface area contributed by atoms with Gasteiger partial charge in [0.1, 0.15) is 0 Å². The van der Waals surface area contributed by atoms with Gasteiger partial charge in [0.15, 0.2) is 0 Å². The van der Waals surface area contributed by atoms with Gasteiger partial charge in [-0.3, -0.25) is 4.79 Å². The molecule has 1 aliphatic rings. The van der Waals surface area contributed by atoms with E-state index in [0.717, 1.165) is 50.4 Å². The Hall–Kier alpha value is -0.720. The number of likely N-dealkylation sites (N-methyl/N-ethyl adjacent to an activating group) is 1. The van der Waals surface area contributed by atoms with Crippen LogP contribution in [-0.2, 0) is 11.2 Å². The highest BCUT2D eigenvalue weighted by Gasteiger charge is 2.14. The van der Waals surface area contributed by atoms with E-state index in [2.05, 4.69) is 22.0 Å². The molecule has 0 spiro atoms. The van der Waals surface area contributed by atoms with Gasteiger partial charge in [0.05, 0.1) is 0 Å². The van der Waals surface area contributed by atoms with E-state index in [9.17, 15) is 4.79 Å². The second kappa shape index (κ2) is 15.3. The van der Waals surface area contributed by atoms with E-state index in [1.165, 1.54) is 13.1 Å². The normalized spacial score (nSPS) is 14.5. The summed E-state index contributed by atoms with van der Waals surface area (Å²) < 4.78 is 0. The Bertz CT molecular complexity index is 497. The number of halogens is 3. The lowest BCUT2D eigenvalue weighted by atomic mass is 10.1. The van der Waals surface area contributed by atoms with Crippen molar-refractivity contribution in [3.8, 4) is 0 Å². The van der Waals surface area contributed by atoms with Crippen molar-refractivity contribution in [2.24, 2.45) is 0 Å². The SMILES string of the molecule is CCN1CCN(CCCNC(=O)CCc2ccccc2N)CC1.Cl.Cl.Cl. The van der Waals surface area contributed by atoms with Gasteiger partial charge >= 0.3 is 0 Å². The summed E-state index contributed by atoms with van der Waals surface area (Å²) in [5, 5.41) is 3.02. The highest BCUT2D eigenvalue weighted by atomic mass is 35.5. The Morgan fingerprint density at radius 2 is 1.69 bits per heavy atom. The maximum absolute atomic E-state index is 11.9. The number of nitrogen functional groups attached to an aromatic ring is 1. The molecule has 1 heterocycles. The number of carbonyl (C=O) groups excluding carboxylic acids is 1. The second-order valence-corrected chi connectivity index (χ2v) is 6.18. The van der Waals surface area contributed by atoms with Gasteiger partial charge in [0.2, 0.25) is 5.91 Å². The van der Waals surface area contributed by atoms with Crippen LogP contribution in [0.1, 0.15) is 25.3 Å². The predicted molar refractivity (Wildman–Crippen MR) is 117 cm³/mol. The number of nitrogens with two attached hydrogens (primary N) is 1. The average Bonchev–Trinajstić information content (AvgIpc) is 2.58. The summed E-state index contributed by atoms with van der Waals surface area (Å²) in [6.07, 6.45) is 2.23. The summed E-state index contributed by atoms with van der Waals surface area (Å²) >= 11 is 0. The van der Waals surface area contributed by atoms with Crippen molar-refractivity contribution in [3.63, 3.8) is 0 Å². The number of benzene rings is 1. The van der Waals surface area contributed by atoms with Gasteiger partial charge in [-0.25, -0.2) is 0 Å². The first-order valence-corrected chi connectivity index (χ1v) is 8.74. The van der Waals surface area contributed by atoms with Gasteiger partial charge in [0.25, 0.3) is 0 Å². The molecule has 1 aliphatic heterocycles. The minimum atomic E-state index is 0. The Morgan fingerprint density at radius 3 is 2.31 bits per heavy atom. The Kier molecular flexibility index (Phi) is 16.2. The number of para-hydroxylation sites is 1. The fourth-order valence-corrected chi connectivity index (χ4v) is 2.96. The molecule has 0 aliphatic carbocycles. The molecule has 0 unspecified atom stereocenters. The van der Waals surface area contributed by atoms with E-state index in [1.54, 1.807) is 0 Å². The number of anilines is 1. The number of hydrogen-bond acceptors (Lipinski definition) is 4. The molecule has 1 fully saturated rings. The second-order valence-electron chi connectivity index (χ2n) is 6.18. The van der Waals surface area contributed by atoms with Crippen LogP contribution in [0.15, 0.2) is 24.3 Å². The maximum Gasteiger partial charge on any atom is 0.220 e. The quantitative estimate of drug-likeness (QED) is 0.494. The number of nitrogens with zero attached hydrogens (tertiary/aromatic N) is 2. The molecule has 2 rings (SSSR count). The highest BCUT2D eigenvalue weighted by molar-refractivity contribution is 5.86. The van der Waals surface area contributed by atoms with Gasteiger partial charge < -0.3 is 20.9 Å². The number of piperazine rings is 1. The molecule has 152 valence electrons. The number of amides is 1.